The summed E-state index contributed by atoms with van der Waals surface area (Å²) in [6, 6.07) is 44.9. The lowest BCUT2D eigenvalue weighted by Crippen LogP contribution is -2.09. The van der Waals surface area contributed by atoms with Crippen LogP contribution in [0.25, 0.3) is 60.9 Å². The van der Waals surface area contributed by atoms with E-state index >= 15 is 0 Å². The summed E-state index contributed by atoms with van der Waals surface area (Å²) >= 11 is 0. The number of fused-ring (bicyclic) bond motifs is 7. The molecule has 0 saturated heterocycles. The highest BCUT2D eigenvalue weighted by atomic mass is 16.3. The first-order valence-corrected chi connectivity index (χ1v) is 14.8. The molecule has 8 aromatic rings. The van der Waals surface area contributed by atoms with Gasteiger partial charge < -0.3 is 13.7 Å². The third-order valence-corrected chi connectivity index (χ3v) is 8.66. The van der Waals surface area contributed by atoms with Gasteiger partial charge in [0.2, 0.25) is 0 Å². The Hall–Kier alpha value is -5.54. The van der Waals surface area contributed by atoms with Crippen LogP contribution in [-0.4, -0.2) is 0 Å². The Labute approximate surface area is 248 Å². The molecule has 0 bridgehead atoms. The van der Waals surface area contributed by atoms with Crippen LogP contribution in [0.4, 0.5) is 17.1 Å². The van der Waals surface area contributed by atoms with Crippen molar-refractivity contribution in [1.82, 2.24) is 0 Å². The second kappa shape index (κ2) is 9.50. The third kappa shape index (κ3) is 3.82. The number of para-hydroxylation sites is 2. The Morgan fingerprint density at radius 3 is 2.09 bits per heavy atom. The summed E-state index contributed by atoms with van der Waals surface area (Å²) in [5.41, 5.74) is 9.33. The monoisotopic (exact) mass is 553 g/mol. The standard InChI is InChI=1S/C40H27NO2/c1-3-13-29(14-4-1)41(30-15-5-2-6-16-30)31-21-22-36-33(24-31)34-25-37-39(32-17-9-10-18-35(32)42-37)38(40(34)43-36)28-20-19-26-11-7-8-12-27(26)23-28/h1-9,11-17,19-25H,10,18H2. The van der Waals surface area contributed by atoms with E-state index in [4.69, 9.17) is 8.83 Å². The number of hydrogen-bond donors (Lipinski definition) is 0. The topological polar surface area (TPSA) is 29.5 Å². The highest BCUT2D eigenvalue weighted by molar-refractivity contribution is 6.20. The summed E-state index contributed by atoms with van der Waals surface area (Å²) < 4.78 is 13.4. The van der Waals surface area contributed by atoms with Crippen LogP contribution < -0.4 is 4.90 Å². The van der Waals surface area contributed by atoms with Gasteiger partial charge in [-0.15, -0.1) is 0 Å². The molecule has 2 aromatic heterocycles. The molecule has 0 fully saturated rings. The molecule has 0 unspecified atom stereocenters. The van der Waals surface area contributed by atoms with Crippen molar-refractivity contribution in [3.8, 4) is 11.1 Å². The van der Waals surface area contributed by atoms with Crippen LogP contribution in [0.2, 0.25) is 0 Å². The fourth-order valence-corrected chi connectivity index (χ4v) is 6.69. The number of furan rings is 2. The van der Waals surface area contributed by atoms with E-state index in [0.29, 0.717) is 0 Å². The summed E-state index contributed by atoms with van der Waals surface area (Å²) in [5.74, 6) is 1.05. The van der Waals surface area contributed by atoms with E-state index in [0.717, 1.165) is 79.7 Å². The Bertz CT molecular complexity index is 2300. The van der Waals surface area contributed by atoms with Crippen LogP contribution in [0.1, 0.15) is 17.7 Å². The smallest absolute Gasteiger partial charge is 0.144 e. The fraction of sp³-hybridized carbons (Fsp3) is 0.0500. The highest BCUT2D eigenvalue weighted by Crippen LogP contribution is 2.47. The van der Waals surface area contributed by atoms with Gasteiger partial charge in [-0.05, 0) is 77.4 Å². The quantitative estimate of drug-likeness (QED) is 0.217. The minimum atomic E-state index is 0.860. The molecular weight excluding hydrogens is 526 g/mol. The SMILES string of the molecule is C1=Cc2c(oc3cc4c(oc5ccc(N(c6ccccc6)c6ccccc6)cc54)c(-c4ccc5ccccc5c4)c23)CC1. The molecule has 0 aliphatic heterocycles. The summed E-state index contributed by atoms with van der Waals surface area (Å²) in [5, 5.41) is 5.68. The fourth-order valence-electron chi connectivity index (χ4n) is 6.69. The highest BCUT2D eigenvalue weighted by Gasteiger charge is 2.24. The molecule has 6 aromatic carbocycles. The molecule has 43 heavy (non-hydrogen) atoms. The summed E-state index contributed by atoms with van der Waals surface area (Å²) in [6.45, 7) is 0. The second-order valence-corrected chi connectivity index (χ2v) is 11.2. The summed E-state index contributed by atoms with van der Waals surface area (Å²) in [6.07, 6.45) is 6.38. The first-order valence-electron chi connectivity index (χ1n) is 14.8. The third-order valence-electron chi connectivity index (χ3n) is 8.66. The molecule has 1 aliphatic carbocycles. The van der Waals surface area contributed by atoms with Crippen molar-refractivity contribution >= 4 is 66.8 Å². The molecular formula is C40H27NO2. The van der Waals surface area contributed by atoms with Gasteiger partial charge in [0.05, 0.1) is 0 Å². The van der Waals surface area contributed by atoms with E-state index in [2.05, 4.69) is 144 Å². The predicted octanol–water partition coefficient (Wildman–Crippen LogP) is 11.6. The van der Waals surface area contributed by atoms with E-state index < -0.39 is 0 Å². The van der Waals surface area contributed by atoms with Crippen LogP contribution in [-0.2, 0) is 6.42 Å². The molecule has 0 N–H and O–H groups in total. The largest absolute Gasteiger partial charge is 0.460 e. The molecule has 0 saturated carbocycles. The van der Waals surface area contributed by atoms with Gasteiger partial charge in [0.15, 0.2) is 0 Å². The van der Waals surface area contributed by atoms with Gasteiger partial charge in [0.25, 0.3) is 0 Å². The van der Waals surface area contributed by atoms with Crippen LogP contribution in [0.5, 0.6) is 0 Å². The van der Waals surface area contributed by atoms with E-state index in [1.165, 1.54) is 16.3 Å². The number of hydrogen-bond acceptors (Lipinski definition) is 3. The molecule has 2 heterocycles. The molecule has 1 aliphatic rings. The summed E-state index contributed by atoms with van der Waals surface area (Å²) in [4.78, 5) is 2.29. The maximum atomic E-state index is 6.78. The lowest BCUT2D eigenvalue weighted by Gasteiger charge is -2.25. The first kappa shape index (κ1) is 24.1. The van der Waals surface area contributed by atoms with Gasteiger partial charge >= 0.3 is 0 Å². The zero-order valence-corrected chi connectivity index (χ0v) is 23.5. The number of anilines is 3. The normalized spacial score (nSPS) is 12.8. The lowest BCUT2D eigenvalue weighted by molar-refractivity contribution is 0.546. The zero-order chi connectivity index (χ0) is 28.3. The first-order chi connectivity index (χ1) is 21.3. The molecule has 0 atom stereocenters. The van der Waals surface area contributed by atoms with Gasteiger partial charge in [0.1, 0.15) is 22.5 Å². The average Bonchev–Trinajstić information content (AvgIpc) is 3.62. The summed E-state index contributed by atoms with van der Waals surface area (Å²) in [7, 11) is 0. The van der Waals surface area contributed by atoms with Crippen molar-refractivity contribution in [2.45, 2.75) is 12.8 Å². The predicted molar refractivity (Wildman–Crippen MR) is 178 cm³/mol. The van der Waals surface area contributed by atoms with E-state index in [1.54, 1.807) is 0 Å². The van der Waals surface area contributed by atoms with Crippen LogP contribution in [0.3, 0.4) is 0 Å². The van der Waals surface area contributed by atoms with Crippen LogP contribution in [0, 0.1) is 0 Å². The second-order valence-electron chi connectivity index (χ2n) is 11.2. The lowest BCUT2D eigenvalue weighted by atomic mass is 9.92. The van der Waals surface area contributed by atoms with Crippen molar-refractivity contribution in [1.29, 1.82) is 0 Å². The number of benzene rings is 6. The number of nitrogens with zero attached hydrogens (tertiary/aromatic N) is 1. The number of aryl methyl sites for hydroxylation is 1. The van der Waals surface area contributed by atoms with E-state index in [9.17, 15) is 0 Å². The average molecular weight is 554 g/mol. The Morgan fingerprint density at radius 1 is 0.558 bits per heavy atom. The van der Waals surface area contributed by atoms with Gasteiger partial charge in [-0.3, -0.25) is 0 Å². The minimum Gasteiger partial charge on any atom is -0.460 e. The molecule has 3 heteroatoms. The van der Waals surface area contributed by atoms with Crippen LogP contribution in [0.15, 0.2) is 142 Å². The molecule has 204 valence electrons. The van der Waals surface area contributed by atoms with Gasteiger partial charge in [-0.25, -0.2) is 0 Å². The Morgan fingerprint density at radius 2 is 1.30 bits per heavy atom. The van der Waals surface area contributed by atoms with Crippen molar-refractivity contribution in [3.63, 3.8) is 0 Å². The van der Waals surface area contributed by atoms with E-state index in [1.807, 2.05) is 0 Å². The van der Waals surface area contributed by atoms with Crippen molar-refractivity contribution in [2.24, 2.45) is 0 Å². The number of allylic oxidation sites excluding steroid dienone is 1. The van der Waals surface area contributed by atoms with Crippen molar-refractivity contribution in [3.05, 3.63) is 145 Å². The molecule has 9 rings (SSSR count). The molecule has 0 spiro atoms. The van der Waals surface area contributed by atoms with Crippen molar-refractivity contribution in [2.75, 3.05) is 4.90 Å². The Kier molecular flexibility index (Phi) is 5.32. The Balaban J connectivity index is 1.34. The number of rotatable bonds is 4. The van der Waals surface area contributed by atoms with Crippen molar-refractivity contribution < 1.29 is 8.83 Å². The van der Waals surface area contributed by atoms with Gasteiger partial charge in [-0.2, -0.15) is 0 Å². The van der Waals surface area contributed by atoms with Crippen LogP contribution >= 0.6 is 0 Å². The zero-order valence-electron chi connectivity index (χ0n) is 23.5. The van der Waals surface area contributed by atoms with E-state index in [-0.39, 0.29) is 0 Å². The maximum absolute atomic E-state index is 6.78. The molecule has 0 amide bonds. The molecule has 0 radical (unpaired) electrons. The maximum Gasteiger partial charge on any atom is 0.144 e. The molecule has 3 nitrogen and oxygen atoms in total. The van der Waals surface area contributed by atoms with Gasteiger partial charge in [0, 0.05) is 50.8 Å². The van der Waals surface area contributed by atoms with Gasteiger partial charge in [-0.1, -0.05) is 84.9 Å². The minimum absolute atomic E-state index is 0.860.